The number of carbonyl (C=O) groups excluding carboxylic acids is 2. The van der Waals surface area contributed by atoms with Crippen LogP contribution in [0.3, 0.4) is 0 Å². The van der Waals surface area contributed by atoms with Crippen molar-refractivity contribution in [1.82, 2.24) is 9.99 Å². The summed E-state index contributed by atoms with van der Waals surface area (Å²) in [6.45, 7) is 5.67. The van der Waals surface area contributed by atoms with Crippen molar-refractivity contribution in [2.24, 2.45) is 11.0 Å². The maximum atomic E-state index is 12.9. The molecule has 1 aliphatic rings. The van der Waals surface area contributed by atoms with Crippen molar-refractivity contribution in [3.63, 3.8) is 0 Å². The van der Waals surface area contributed by atoms with E-state index in [1.165, 1.54) is 35.6 Å². The minimum atomic E-state index is -4.89. The first-order valence-corrected chi connectivity index (χ1v) is 13.0. The van der Waals surface area contributed by atoms with Crippen molar-refractivity contribution in [3.05, 3.63) is 69.2 Å². The number of hydrogen-bond acceptors (Lipinski definition) is 7. The van der Waals surface area contributed by atoms with Crippen LogP contribution >= 0.6 is 11.3 Å². The maximum Gasteiger partial charge on any atom is 0.573 e. The van der Waals surface area contributed by atoms with E-state index in [0.29, 0.717) is 34.0 Å². The quantitative estimate of drug-likeness (QED) is 0.360. The highest BCUT2D eigenvalue weighted by Crippen LogP contribution is 2.35. The number of carbonyl (C=O) groups is 2. The first-order chi connectivity index (χ1) is 18.5. The van der Waals surface area contributed by atoms with E-state index in [2.05, 4.69) is 20.1 Å². The zero-order valence-electron chi connectivity index (χ0n) is 21.8. The monoisotopic (exact) mass is 560 g/mol. The largest absolute Gasteiger partial charge is 0.573 e. The Balaban J connectivity index is 1.54. The van der Waals surface area contributed by atoms with E-state index >= 15 is 0 Å². The van der Waals surface area contributed by atoms with Gasteiger partial charge < -0.3 is 14.8 Å². The molecular formula is C27H27F3N4O4S. The number of benzene rings is 2. The van der Waals surface area contributed by atoms with Gasteiger partial charge in [0.2, 0.25) is 5.91 Å². The Hall–Kier alpha value is -3.93. The van der Waals surface area contributed by atoms with E-state index in [1.807, 2.05) is 13.8 Å². The van der Waals surface area contributed by atoms with Crippen LogP contribution in [0.25, 0.3) is 0 Å². The number of alkyl halides is 3. The van der Waals surface area contributed by atoms with E-state index in [-0.39, 0.29) is 36.4 Å². The van der Waals surface area contributed by atoms with Crippen LogP contribution < -0.4 is 14.8 Å². The summed E-state index contributed by atoms with van der Waals surface area (Å²) in [5.41, 5.74) is 2.92. The Morgan fingerprint density at radius 3 is 2.46 bits per heavy atom. The summed E-state index contributed by atoms with van der Waals surface area (Å²) < 4.78 is 48.0. The number of aryl methyl sites for hydroxylation is 2. The summed E-state index contributed by atoms with van der Waals surface area (Å²) in [6.07, 6.45) is -4.15. The van der Waals surface area contributed by atoms with Gasteiger partial charge in [-0.1, -0.05) is 19.1 Å². The van der Waals surface area contributed by atoms with Crippen LogP contribution in [0.5, 0.6) is 11.5 Å². The summed E-state index contributed by atoms with van der Waals surface area (Å²) in [4.78, 5) is 30.3. The van der Waals surface area contributed by atoms with E-state index in [1.54, 1.807) is 37.3 Å². The van der Waals surface area contributed by atoms with Gasteiger partial charge >= 0.3 is 6.36 Å². The average molecular weight is 561 g/mol. The van der Waals surface area contributed by atoms with Gasteiger partial charge in [-0.05, 0) is 56.2 Å². The molecule has 2 aromatic carbocycles. The first kappa shape index (κ1) is 28.1. The predicted molar refractivity (Wildman–Crippen MR) is 141 cm³/mol. The number of nitrogens with one attached hydrogen (secondary N) is 1. The number of amides is 2. The Labute approximate surface area is 227 Å². The number of ether oxygens (including phenoxy) is 2. The molecule has 39 heavy (non-hydrogen) atoms. The van der Waals surface area contributed by atoms with Gasteiger partial charge in [-0.25, -0.2) is 9.99 Å². The fourth-order valence-electron chi connectivity index (χ4n) is 4.27. The van der Waals surface area contributed by atoms with E-state index in [0.717, 1.165) is 10.6 Å². The molecule has 8 nitrogen and oxygen atoms in total. The van der Waals surface area contributed by atoms with Gasteiger partial charge in [0, 0.05) is 23.6 Å². The highest BCUT2D eigenvalue weighted by molar-refractivity contribution is 7.13. The lowest BCUT2D eigenvalue weighted by Gasteiger charge is -2.29. The SMILES string of the molecule is CCC1CC(=O)N(Cc2ccc(NC(=O)c3sc(C)nc3C)cc2)N=C1c1ccc(OC)c(OC(F)(F)F)c1. The molecule has 1 aromatic heterocycles. The summed E-state index contributed by atoms with van der Waals surface area (Å²) in [6, 6.07) is 11.2. The fourth-order valence-corrected chi connectivity index (χ4v) is 5.09. The van der Waals surface area contributed by atoms with Gasteiger partial charge in [-0.2, -0.15) is 5.10 Å². The molecule has 12 heteroatoms. The number of anilines is 1. The second kappa shape index (κ2) is 11.4. The Morgan fingerprint density at radius 2 is 1.87 bits per heavy atom. The van der Waals surface area contributed by atoms with Gasteiger partial charge in [-0.15, -0.1) is 24.5 Å². The van der Waals surface area contributed by atoms with Crippen LogP contribution in [0.2, 0.25) is 0 Å². The molecule has 0 radical (unpaired) electrons. The molecule has 1 aliphatic heterocycles. The molecule has 0 saturated heterocycles. The summed E-state index contributed by atoms with van der Waals surface area (Å²) >= 11 is 1.32. The highest BCUT2D eigenvalue weighted by atomic mass is 32.1. The van der Waals surface area contributed by atoms with Crippen molar-refractivity contribution in [3.8, 4) is 11.5 Å². The van der Waals surface area contributed by atoms with Gasteiger partial charge in [0.25, 0.3) is 5.91 Å². The van der Waals surface area contributed by atoms with Crippen LogP contribution in [-0.2, 0) is 11.3 Å². The fraction of sp³-hybridized carbons (Fsp3) is 0.333. The Kier molecular flexibility index (Phi) is 8.24. The lowest BCUT2D eigenvalue weighted by Crippen LogP contribution is -2.36. The smallest absolute Gasteiger partial charge is 0.493 e. The van der Waals surface area contributed by atoms with Crippen LogP contribution in [0.1, 0.15) is 51.3 Å². The average Bonchev–Trinajstić information content (AvgIpc) is 3.23. The molecule has 0 bridgehead atoms. The van der Waals surface area contributed by atoms with Gasteiger partial charge in [0.15, 0.2) is 11.5 Å². The molecule has 0 aliphatic carbocycles. The van der Waals surface area contributed by atoms with E-state index in [9.17, 15) is 22.8 Å². The van der Waals surface area contributed by atoms with Crippen molar-refractivity contribution in [2.45, 2.75) is 46.5 Å². The molecule has 1 N–H and O–H groups in total. The number of methoxy groups -OCH3 is 1. The lowest BCUT2D eigenvalue weighted by molar-refractivity contribution is -0.275. The summed E-state index contributed by atoms with van der Waals surface area (Å²) in [5.74, 6) is -1.26. The molecule has 206 valence electrons. The topological polar surface area (TPSA) is 93.1 Å². The molecule has 1 atom stereocenters. The molecule has 0 spiro atoms. The first-order valence-electron chi connectivity index (χ1n) is 12.1. The molecule has 4 rings (SSSR count). The number of thiazole rings is 1. The van der Waals surface area contributed by atoms with Crippen LogP contribution in [0.15, 0.2) is 47.6 Å². The molecule has 2 heterocycles. The second-order valence-electron chi connectivity index (χ2n) is 8.96. The lowest BCUT2D eigenvalue weighted by atomic mass is 9.89. The standard InChI is InChI=1S/C27H27F3N4O4S/c1-5-18-13-23(35)34(33-24(18)19-8-11-21(37-4)22(12-19)38-27(28,29)30)14-17-6-9-20(10-7-17)32-26(36)25-15(2)31-16(3)39-25/h6-12,18H,5,13-14H2,1-4H3,(H,32,36). The predicted octanol–water partition coefficient (Wildman–Crippen LogP) is 6.08. The zero-order valence-corrected chi connectivity index (χ0v) is 22.6. The number of hydrogen-bond donors (Lipinski definition) is 1. The van der Waals surface area contributed by atoms with Crippen molar-refractivity contribution in [1.29, 1.82) is 0 Å². The number of nitrogens with zero attached hydrogens (tertiary/aromatic N) is 3. The van der Waals surface area contributed by atoms with Crippen LogP contribution in [0.4, 0.5) is 18.9 Å². The van der Waals surface area contributed by atoms with E-state index in [4.69, 9.17) is 4.74 Å². The number of aromatic nitrogens is 1. The number of halogens is 3. The Bertz CT molecular complexity index is 1400. The molecule has 2 amide bonds. The minimum Gasteiger partial charge on any atom is -0.493 e. The van der Waals surface area contributed by atoms with Crippen LogP contribution in [0, 0.1) is 19.8 Å². The van der Waals surface area contributed by atoms with E-state index < -0.39 is 12.1 Å². The third kappa shape index (κ3) is 6.75. The minimum absolute atomic E-state index is 0.0683. The summed E-state index contributed by atoms with van der Waals surface area (Å²) in [5, 5.41) is 9.51. The Morgan fingerprint density at radius 1 is 1.15 bits per heavy atom. The number of rotatable bonds is 8. The third-order valence-corrected chi connectivity index (χ3v) is 7.23. The molecule has 0 fully saturated rings. The normalized spacial score (nSPS) is 15.7. The highest BCUT2D eigenvalue weighted by Gasteiger charge is 2.34. The molecule has 1 unspecified atom stereocenters. The molecular weight excluding hydrogens is 533 g/mol. The van der Waals surface area contributed by atoms with Gasteiger partial charge in [0.1, 0.15) is 4.88 Å². The van der Waals surface area contributed by atoms with Gasteiger partial charge in [-0.3, -0.25) is 9.59 Å². The summed E-state index contributed by atoms with van der Waals surface area (Å²) in [7, 11) is 1.25. The second-order valence-corrected chi connectivity index (χ2v) is 10.2. The molecule has 3 aromatic rings. The molecule has 0 saturated carbocycles. The van der Waals surface area contributed by atoms with Crippen molar-refractivity contribution < 1.29 is 32.2 Å². The van der Waals surface area contributed by atoms with Gasteiger partial charge in [0.05, 0.1) is 30.1 Å². The maximum absolute atomic E-state index is 12.9. The zero-order chi connectivity index (χ0) is 28.3. The number of hydrazone groups is 1. The van der Waals surface area contributed by atoms with Crippen LogP contribution in [-0.4, -0.2) is 41.0 Å². The third-order valence-electron chi connectivity index (χ3n) is 6.16. The van der Waals surface area contributed by atoms with Crippen molar-refractivity contribution >= 4 is 34.6 Å². The van der Waals surface area contributed by atoms with Crippen molar-refractivity contribution in [2.75, 3.05) is 12.4 Å².